The van der Waals surface area contributed by atoms with Gasteiger partial charge in [-0.05, 0) is 32.2 Å². The minimum absolute atomic E-state index is 0.202. The van der Waals surface area contributed by atoms with E-state index in [1.165, 1.54) is 32.2 Å². The molecule has 0 aromatic rings. The van der Waals surface area contributed by atoms with Crippen LogP contribution in [0.5, 0.6) is 0 Å². The van der Waals surface area contributed by atoms with Crippen LogP contribution >= 0.6 is 0 Å². The van der Waals surface area contributed by atoms with Crippen LogP contribution in [-0.2, 0) is 4.74 Å². The monoisotopic (exact) mass is 254 g/mol. The zero-order valence-electron chi connectivity index (χ0n) is 11.9. The van der Waals surface area contributed by atoms with Gasteiger partial charge in [0, 0.05) is 19.1 Å². The van der Waals surface area contributed by atoms with Gasteiger partial charge in [0.05, 0.1) is 12.7 Å². The molecular formula is C15H30N2O. The lowest BCUT2D eigenvalue weighted by atomic mass is 10.0. The van der Waals surface area contributed by atoms with Crippen LogP contribution < -0.4 is 5.73 Å². The predicted octanol–water partition coefficient (Wildman–Crippen LogP) is 2.56. The Morgan fingerprint density at radius 1 is 1.44 bits per heavy atom. The third-order valence-electron chi connectivity index (χ3n) is 3.64. The Bertz CT molecular complexity index is 219. The van der Waals surface area contributed by atoms with Gasteiger partial charge in [0.2, 0.25) is 0 Å². The first-order chi connectivity index (χ1) is 8.77. The van der Waals surface area contributed by atoms with Crippen LogP contribution in [0.4, 0.5) is 0 Å². The Labute approximate surface area is 112 Å². The van der Waals surface area contributed by atoms with Crippen molar-refractivity contribution >= 4 is 0 Å². The molecule has 0 aliphatic carbocycles. The van der Waals surface area contributed by atoms with Crippen molar-refractivity contribution in [1.82, 2.24) is 4.90 Å². The number of hydrogen-bond acceptors (Lipinski definition) is 3. The van der Waals surface area contributed by atoms with E-state index < -0.39 is 0 Å². The molecule has 0 aromatic carbocycles. The first kappa shape index (κ1) is 15.7. The lowest BCUT2D eigenvalue weighted by Crippen LogP contribution is -2.50. The van der Waals surface area contributed by atoms with Crippen molar-refractivity contribution < 1.29 is 4.74 Å². The van der Waals surface area contributed by atoms with Gasteiger partial charge in [0.25, 0.3) is 0 Å². The van der Waals surface area contributed by atoms with Crippen LogP contribution in [0.1, 0.15) is 45.4 Å². The predicted molar refractivity (Wildman–Crippen MR) is 77.7 cm³/mol. The highest BCUT2D eigenvalue weighted by Crippen LogP contribution is 2.13. The third kappa shape index (κ3) is 5.98. The van der Waals surface area contributed by atoms with Crippen molar-refractivity contribution in [1.29, 1.82) is 0 Å². The summed E-state index contributed by atoms with van der Waals surface area (Å²) in [7, 11) is 0. The Balaban J connectivity index is 2.15. The number of ether oxygens (including phenoxy) is 1. The average Bonchev–Trinajstić information content (AvgIpc) is 2.39. The highest BCUT2D eigenvalue weighted by molar-refractivity contribution is 4.80. The molecule has 0 bridgehead atoms. The van der Waals surface area contributed by atoms with E-state index in [4.69, 9.17) is 10.5 Å². The van der Waals surface area contributed by atoms with Crippen molar-refractivity contribution in [2.75, 3.05) is 26.2 Å². The Kier molecular flexibility index (Phi) is 8.31. The number of morpholine rings is 1. The molecule has 1 fully saturated rings. The van der Waals surface area contributed by atoms with Crippen LogP contribution in [0.15, 0.2) is 12.7 Å². The molecule has 1 aliphatic heterocycles. The minimum Gasteiger partial charge on any atom is -0.374 e. The quantitative estimate of drug-likeness (QED) is 0.508. The summed E-state index contributed by atoms with van der Waals surface area (Å²) >= 11 is 0. The fourth-order valence-corrected chi connectivity index (χ4v) is 2.54. The van der Waals surface area contributed by atoms with E-state index in [0.29, 0.717) is 0 Å². The van der Waals surface area contributed by atoms with Crippen LogP contribution in [0.2, 0.25) is 0 Å². The lowest BCUT2D eigenvalue weighted by Gasteiger charge is -2.35. The molecule has 0 spiro atoms. The first-order valence-electron chi connectivity index (χ1n) is 7.48. The molecule has 2 unspecified atom stereocenters. The van der Waals surface area contributed by atoms with E-state index in [1.54, 1.807) is 0 Å². The molecule has 106 valence electrons. The summed E-state index contributed by atoms with van der Waals surface area (Å²) in [6.45, 7) is 10.1. The summed E-state index contributed by atoms with van der Waals surface area (Å²) in [5.41, 5.74) is 6.25. The number of unbranched alkanes of at least 4 members (excludes halogenated alkanes) is 3. The molecule has 2 N–H and O–H groups in total. The van der Waals surface area contributed by atoms with E-state index in [0.717, 1.165) is 32.5 Å². The first-order valence-corrected chi connectivity index (χ1v) is 7.48. The molecule has 0 amide bonds. The number of rotatable bonds is 9. The second-order valence-electron chi connectivity index (χ2n) is 5.30. The van der Waals surface area contributed by atoms with E-state index in [1.807, 2.05) is 6.08 Å². The van der Waals surface area contributed by atoms with Crippen LogP contribution in [0, 0.1) is 0 Å². The van der Waals surface area contributed by atoms with E-state index in [2.05, 4.69) is 18.4 Å². The van der Waals surface area contributed by atoms with Gasteiger partial charge in [-0.15, -0.1) is 6.58 Å². The zero-order valence-corrected chi connectivity index (χ0v) is 11.9. The number of nitrogens with zero attached hydrogens (tertiary/aromatic N) is 1. The van der Waals surface area contributed by atoms with Gasteiger partial charge < -0.3 is 10.5 Å². The van der Waals surface area contributed by atoms with Gasteiger partial charge in [-0.3, -0.25) is 4.90 Å². The van der Waals surface area contributed by atoms with E-state index in [-0.39, 0.29) is 12.1 Å². The number of nitrogens with two attached hydrogens (primary N) is 1. The molecule has 3 nitrogen and oxygen atoms in total. The fraction of sp³-hybridized carbons (Fsp3) is 0.867. The zero-order chi connectivity index (χ0) is 13.2. The minimum atomic E-state index is 0.202. The van der Waals surface area contributed by atoms with Gasteiger partial charge in [-0.1, -0.05) is 25.8 Å². The maximum atomic E-state index is 6.25. The molecule has 0 saturated carbocycles. The SMILES string of the molecule is C=CCCCCCC(N)C1CN(CCC)CCO1. The molecule has 1 aliphatic rings. The molecule has 0 aromatic heterocycles. The highest BCUT2D eigenvalue weighted by Gasteiger charge is 2.24. The van der Waals surface area contributed by atoms with Crippen LogP contribution in [0.3, 0.4) is 0 Å². The van der Waals surface area contributed by atoms with Gasteiger partial charge in [0.15, 0.2) is 0 Å². The second kappa shape index (κ2) is 9.54. The largest absolute Gasteiger partial charge is 0.374 e. The normalized spacial score (nSPS) is 22.9. The number of hydrogen-bond donors (Lipinski definition) is 1. The van der Waals surface area contributed by atoms with Gasteiger partial charge in [0.1, 0.15) is 0 Å². The molecule has 3 heteroatoms. The smallest absolute Gasteiger partial charge is 0.0853 e. The second-order valence-corrected chi connectivity index (χ2v) is 5.30. The molecule has 18 heavy (non-hydrogen) atoms. The average molecular weight is 254 g/mol. The molecule has 0 radical (unpaired) electrons. The summed E-state index contributed by atoms with van der Waals surface area (Å²) < 4.78 is 5.81. The van der Waals surface area contributed by atoms with E-state index in [9.17, 15) is 0 Å². The molecule has 1 heterocycles. The summed E-state index contributed by atoms with van der Waals surface area (Å²) in [5.74, 6) is 0. The standard InChI is InChI=1S/C15H30N2O/c1-3-5-6-7-8-9-14(16)15-13-17(10-4-2)11-12-18-15/h3,14-15H,1,4-13,16H2,2H3. The van der Waals surface area contributed by atoms with Crippen molar-refractivity contribution in [2.24, 2.45) is 5.73 Å². The molecule has 2 atom stereocenters. The van der Waals surface area contributed by atoms with Crippen molar-refractivity contribution in [3.63, 3.8) is 0 Å². The Hall–Kier alpha value is -0.380. The van der Waals surface area contributed by atoms with Gasteiger partial charge >= 0.3 is 0 Å². The maximum absolute atomic E-state index is 6.25. The van der Waals surface area contributed by atoms with Crippen molar-refractivity contribution in [3.8, 4) is 0 Å². The van der Waals surface area contributed by atoms with E-state index >= 15 is 0 Å². The summed E-state index contributed by atoms with van der Waals surface area (Å²) in [4.78, 5) is 2.48. The van der Waals surface area contributed by atoms with Gasteiger partial charge in [-0.2, -0.15) is 0 Å². The molecule has 1 saturated heterocycles. The van der Waals surface area contributed by atoms with Crippen molar-refractivity contribution in [2.45, 2.75) is 57.6 Å². The fourth-order valence-electron chi connectivity index (χ4n) is 2.54. The summed E-state index contributed by atoms with van der Waals surface area (Å²) in [5, 5.41) is 0. The van der Waals surface area contributed by atoms with Crippen LogP contribution in [0.25, 0.3) is 0 Å². The molecular weight excluding hydrogens is 224 g/mol. The van der Waals surface area contributed by atoms with Crippen molar-refractivity contribution in [3.05, 3.63) is 12.7 Å². The third-order valence-corrected chi connectivity index (χ3v) is 3.64. The summed E-state index contributed by atoms with van der Waals surface area (Å²) in [6.07, 6.45) is 9.36. The van der Waals surface area contributed by atoms with Gasteiger partial charge in [-0.25, -0.2) is 0 Å². The lowest BCUT2D eigenvalue weighted by molar-refractivity contribution is -0.0415. The van der Waals surface area contributed by atoms with Crippen LogP contribution in [-0.4, -0.2) is 43.3 Å². The Morgan fingerprint density at radius 3 is 3.00 bits per heavy atom. The maximum Gasteiger partial charge on any atom is 0.0853 e. The Morgan fingerprint density at radius 2 is 2.28 bits per heavy atom. The topological polar surface area (TPSA) is 38.5 Å². The highest BCUT2D eigenvalue weighted by atomic mass is 16.5. The number of allylic oxidation sites excluding steroid dienone is 1. The molecule has 1 rings (SSSR count). The summed E-state index contributed by atoms with van der Waals surface area (Å²) in [6, 6.07) is 0.202.